The van der Waals surface area contributed by atoms with Crippen LogP contribution in [0.25, 0.3) is 11.3 Å². The van der Waals surface area contributed by atoms with Gasteiger partial charge in [0, 0.05) is 16.7 Å². The Hall–Kier alpha value is -2.35. The molecule has 1 aromatic heterocycles. The lowest BCUT2D eigenvalue weighted by Crippen LogP contribution is -2.19. The van der Waals surface area contributed by atoms with E-state index in [1.165, 1.54) is 6.07 Å². The summed E-state index contributed by atoms with van der Waals surface area (Å²) in [5.41, 5.74) is 1.78. The van der Waals surface area contributed by atoms with E-state index in [4.69, 9.17) is 23.2 Å². The zero-order valence-corrected chi connectivity index (χ0v) is 17.5. The van der Waals surface area contributed by atoms with E-state index in [1.54, 1.807) is 22.9 Å². The lowest BCUT2D eigenvalue weighted by atomic mass is 10.1. The molecule has 1 aliphatic heterocycles. The molecule has 29 heavy (non-hydrogen) atoms. The summed E-state index contributed by atoms with van der Waals surface area (Å²) >= 11 is 12.1. The first-order chi connectivity index (χ1) is 13.8. The van der Waals surface area contributed by atoms with Crippen molar-refractivity contribution in [3.8, 4) is 11.3 Å². The molecular formula is C20H17Cl2N3O3S. The minimum Gasteiger partial charge on any atom is -0.307 e. The second-order valence-electron chi connectivity index (χ2n) is 6.86. The van der Waals surface area contributed by atoms with Gasteiger partial charge in [-0.1, -0.05) is 53.5 Å². The van der Waals surface area contributed by atoms with E-state index in [0.717, 1.165) is 5.56 Å². The Morgan fingerprint density at radius 2 is 1.86 bits per heavy atom. The van der Waals surface area contributed by atoms with Gasteiger partial charge in [0.05, 0.1) is 33.8 Å². The van der Waals surface area contributed by atoms with E-state index >= 15 is 0 Å². The third-order valence-corrected chi connectivity index (χ3v) is 7.08. The first-order valence-corrected chi connectivity index (χ1v) is 11.5. The average Bonchev–Trinajstić information content (AvgIpc) is 3.25. The highest BCUT2D eigenvalue weighted by atomic mass is 35.5. The monoisotopic (exact) mass is 449 g/mol. The predicted octanol–water partition coefficient (Wildman–Crippen LogP) is 4.47. The molecule has 1 unspecified atom stereocenters. The van der Waals surface area contributed by atoms with Crippen molar-refractivity contribution in [2.45, 2.75) is 12.5 Å². The Kier molecular flexibility index (Phi) is 5.38. The maximum Gasteiger partial charge on any atom is 0.258 e. The normalized spacial score (nSPS) is 17.9. The van der Waals surface area contributed by atoms with Crippen molar-refractivity contribution >= 4 is 44.8 Å². The number of sulfone groups is 1. The van der Waals surface area contributed by atoms with Crippen LogP contribution in [0.3, 0.4) is 0 Å². The average molecular weight is 450 g/mol. The maximum absolute atomic E-state index is 12.8. The number of nitrogens with zero attached hydrogens (tertiary/aromatic N) is 2. The van der Waals surface area contributed by atoms with Gasteiger partial charge in [-0.25, -0.2) is 13.1 Å². The Balaban J connectivity index is 1.71. The van der Waals surface area contributed by atoms with Gasteiger partial charge < -0.3 is 5.32 Å². The van der Waals surface area contributed by atoms with Crippen molar-refractivity contribution in [2.75, 3.05) is 16.8 Å². The molecule has 3 aromatic rings. The van der Waals surface area contributed by atoms with Gasteiger partial charge in [0.2, 0.25) is 0 Å². The molecule has 4 rings (SSSR count). The van der Waals surface area contributed by atoms with Crippen LogP contribution in [-0.2, 0) is 9.84 Å². The first kappa shape index (κ1) is 19.9. The van der Waals surface area contributed by atoms with E-state index < -0.39 is 15.7 Å². The number of nitrogens with one attached hydrogen (secondary N) is 1. The second kappa shape index (κ2) is 7.82. The molecule has 1 saturated heterocycles. The minimum atomic E-state index is -3.12. The van der Waals surface area contributed by atoms with Crippen LogP contribution in [-0.4, -0.2) is 35.6 Å². The van der Waals surface area contributed by atoms with Crippen molar-refractivity contribution < 1.29 is 13.2 Å². The number of amides is 1. The van der Waals surface area contributed by atoms with Gasteiger partial charge in [-0.2, -0.15) is 5.10 Å². The standard InChI is InChI=1S/C20H17Cl2N3O3S/c21-14-6-7-16(17(22)10-14)20(26)23-19-11-18(13-4-2-1-3-5-13)24-25(19)15-8-9-29(27,28)12-15/h1-7,10-11,15H,8-9,12H2,(H,23,26). The zero-order valence-electron chi connectivity index (χ0n) is 15.2. The highest BCUT2D eigenvalue weighted by Crippen LogP contribution is 2.31. The van der Waals surface area contributed by atoms with E-state index in [2.05, 4.69) is 10.4 Å². The van der Waals surface area contributed by atoms with Gasteiger partial charge in [0.1, 0.15) is 5.82 Å². The van der Waals surface area contributed by atoms with E-state index in [1.807, 2.05) is 30.3 Å². The second-order valence-corrected chi connectivity index (χ2v) is 9.93. The summed E-state index contributed by atoms with van der Waals surface area (Å²) in [6.07, 6.45) is 0.447. The Labute approximate surface area is 178 Å². The summed E-state index contributed by atoms with van der Waals surface area (Å²) in [6.45, 7) is 0. The number of carbonyl (C=O) groups is 1. The van der Waals surface area contributed by atoms with Crippen LogP contribution in [0.1, 0.15) is 22.8 Å². The summed E-state index contributed by atoms with van der Waals surface area (Å²) in [5.74, 6) is 0.0949. The molecule has 0 spiro atoms. The fourth-order valence-electron chi connectivity index (χ4n) is 3.34. The molecule has 0 bridgehead atoms. The topological polar surface area (TPSA) is 81.1 Å². The van der Waals surface area contributed by atoms with Gasteiger partial charge in [0.25, 0.3) is 5.91 Å². The van der Waals surface area contributed by atoms with Crippen molar-refractivity contribution in [3.05, 3.63) is 70.2 Å². The molecule has 9 heteroatoms. The predicted molar refractivity (Wildman–Crippen MR) is 114 cm³/mol. The lowest BCUT2D eigenvalue weighted by molar-refractivity contribution is 0.102. The summed E-state index contributed by atoms with van der Waals surface area (Å²) in [6, 6.07) is 15.5. The van der Waals surface area contributed by atoms with Gasteiger partial charge in [0.15, 0.2) is 9.84 Å². The lowest BCUT2D eigenvalue weighted by Gasteiger charge is -2.14. The molecule has 1 fully saturated rings. The molecule has 0 aliphatic carbocycles. The van der Waals surface area contributed by atoms with Crippen molar-refractivity contribution in [2.24, 2.45) is 0 Å². The number of carbonyl (C=O) groups excluding carboxylic acids is 1. The third-order valence-electron chi connectivity index (χ3n) is 4.78. The molecule has 0 radical (unpaired) electrons. The fraction of sp³-hybridized carbons (Fsp3) is 0.200. The van der Waals surface area contributed by atoms with Crippen LogP contribution in [0.5, 0.6) is 0 Å². The fourth-order valence-corrected chi connectivity index (χ4v) is 5.53. The van der Waals surface area contributed by atoms with E-state index in [0.29, 0.717) is 23.0 Å². The molecule has 1 amide bonds. The van der Waals surface area contributed by atoms with E-state index in [-0.39, 0.29) is 28.1 Å². The molecule has 6 nitrogen and oxygen atoms in total. The molecule has 150 valence electrons. The third kappa shape index (κ3) is 4.32. The highest BCUT2D eigenvalue weighted by Gasteiger charge is 2.32. The number of hydrogen-bond acceptors (Lipinski definition) is 4. The van der Waals surface area contributed by atoms with Gasteiger partial charge in [-0.15, -0.1) is 0 Å². The van der Waals surface area contributed by atoms with Gasteiger partial charge in [-0.3, -0.25) is 4.79 Å². The molecule has 1 aliphatic rings. The summed E-state index contributed by atoms with van der Waals surface area (Å²) < 4.78 is 25.5. The highest BCUT2D eigenvalue weighted by molar-refractivity contribution is 7.91. The molecule has 2 aromatic carbocycles. The van der Waals surface area contributed by atoms with E-state index in [9.17, 15) is 13.2 Å². The summed E-state index contributed by atoms with van der Waals surface area (Å²) in [7, 11) is -3.12. The van der Waals surface area contributed by atoms with Gasteiger partial charge >= 0.3 is 0 Å². The van der Waals surface area contributed by atoms with Crippen LogP contribution in [0.2, 0.25) is 10.0 Å². The number of benzene rings is 2. The molecular weight excluding hydrogens is 433 g/mol. The van der Waals surface area contributed by atoms with Crippen LogP contribution in [0, 0.1) is 0 Å². The molecule has 1 N–H and O–H groups in total. The zero-order chi connectivity index (χ0) is 20.6. The van der Waals surface area contributed by atoms with Crippen molar-refractivity contribution in [1.82, 2.24) is 9.78 Å². The maximum atomic E-state index is 12.8. The van der Waals surface area contributed by atoms with Crippen LogP contribution >= 0.6 is 23.2 Å². The first-order valence-electron chi connectivity index (χ1n) is 8.94. The summed E-state index contributed by atoms with van der Waals surface area (Å²) in [4.78, 5) is 12.8. The smallest absolute Gasteiger partial charge is 0.258 e. The number of hydrogen-bond donors (Lipinski definition) is 1. The largest absolute Gasteiger partial charge is 0.307 e. The Bertz CT molecular complexity index is 1180. The van der Waals surface area contributed by atoms with Crippen molar-refractivity contribution in [3.63, 3.8) is 0 Å². The Morgan fingerprint density at radius 3 is 2.52 bits per heavy atom. The SMILES string of the molecule is O=C(Nc1cc(-c2ccccc2)nn1C1CCS(=O)(=O)C1)c1ccc(Cl)cc1Cl. The number of aromatic nitrogens is 2. The molecule has 0 saturated carbocycles. The summed E-state index contributed by atoms with van der Waals surface area (Å²) in [5, 5.41) is 8.07. The van der Waals surface area contributed by atoms with Crippen LogP contribution < -0.4 is 5.32 Å². The quantitative estimate of drug-likeness (QED) is 0.636. The number of anilines is 1. The molecule has 2 heterocycles. The number of halogens is 2. The van der Waals surface area contributed by atoms with Crippen LogP contribution in [0.15, 0.2) is 54.6 Å². The minimum absolute atomic E-state index is 0.00647. The van der Waals surface area contributed by atoms with Gasteiger partial charge in [-0.05, 0) is 24.6 Å². The number of rotatable bonds is 4. The molecule has 1 atom stereocenters. The van der Waals surface area contributed by atoms with Crippen molar-refractivity contribution in [1.29, 1.82) is 0 Å². The van der Waals surface area contributed by atoms with Crippen LogP contribution in [0.4, 0.5) is 5.82 Å². The Morgan fingerprint density at radius 1 is 1.10 bits per heavy atom.